The van der Waals surface area contributed by atoms with E-state index in [1.54, 1.807) is 43.5 Å². The van der Waals surface area contributed by atoms with Crippen LogP contribution in [-0.4, -0.2) is 5.78 Å². The molecule has 0 fully saturated rings. The average molecular weight is 176 g/mol. The minimum absolute atomic E-state index is 0.0672. The summed E-state index contributed by atoms with van der Waals surface area (Å²) in [7, 11) is 0. The zero-order valence-electron chi connectivity index (χ0n) is 7.78. The predicted molar refractivity (Wildman–Crippen MR) is 51.9 cm³/mol. The maximum atomic E-state index is 10.9. The van der Waals surface area contributed by atoms with Crippen molar-refractivity contribution >= 4 is 5.78 Å². The Morgan fingerprint density at radius 3 is 2.38 bits per heavy atom. The number of carbonyl (C=O) groups excluding carboxylic acids is 1. The highest BCUT2D eigenvalue weighted by molar-refractivity contribution is 5.94. The lowest BCUT2D eigenvalue weighted by atomic mass is 10.1. The monoisotopic (exact) mass is 176 g/mol. The second kappa shape index (κ2) is 4.45. The van der Waals surface area contributed by atoms with E-state index in [-0.39, 0.29) is 5.78 Å². The first-order valence-corrected chi connectivity index (χ1v) is 4.13. The van der Waals surface area contributed by atoms with E-state index in [9.17, 15) is 4.79 Å². The number of rotatable bonds is 3. The van der Waals surface area contributed by atoms with Gasteiger partial charge >= 0.3 is 0 Å². The Bertz CT molecular complexity index is 309. The van der Waals surface area contributed by atoms with E-state index in [4.69, 9.17) is 4.74 Å². The van der Waals surface area contributed by atoms with Gasteiger partial charge in [0, 0.05) is 5.56 Å². The van der Waals surface area contributed by atoms with Crippen molar-refractivity contribution in [1.82, 2.24) is 0 Å². The van der Waals surface area contributed by atoms with Gasteiger partial charge in [0.05, 0.1) is 6.26 Å². The molecule has 0 atom stereocenters. The highest BCUT2D eigenvalue weighted by Gasteiger charge is 1.97. The van der Waals surface area contributed by atoms with Crippen LogP contribution < -0.4 is 4.74 Å². The fraction of sp³-hybridized carbons (Fsp3) is 0.182. The third-order valence-electron chi connectivity index (χ3n) is 1.60. The van der Waals surface area contributed by atoms with Crippen molar-refractivity contribution < 1.29 is 9.53 Å². The summed E-state index contributed by atoms with van der Waals surface area (Å²) in [6.45, 7) is 3.42. The SMILES string of the molecule is CC=COc1ccc(C(C)=O)cc1. The summed E-state index contributed by atoms with van der Waals surface area (Å²) in [6, 6.07) is 7.05. The van der Waals surface area contributed by atoms with Gasteiger partial charge in [0.1, 0.15) is 5.75 Å². The highest BCUT2D eigenvalue weighted by Crippen LogP contribution is 2.12. The van der Waals surface area contributed by atoms with Crippen LogP contribution in [-0.2, 0) is 0 Å². The summed E-state index contributed by atoms with van der Waals surface area (Å²) in [4.78, 5) is 10.9. The van der Waals surface area contributed by atoms with Gasteiger partial charge in [-0.25, -0.2) is 0 Å². The molecule has 0 aromatic heterocycles. The molecule has 0 radical (unpaired) electrons. The number of carbonyl (C=O) groups is 1. The van der Waals surface area contributed by atoms with Crippen molar-refractivity contribution in [3.8, 4) is 5.75 Å². The molecule has 0 bridgehead atoms. The smallest absolute Gasteiger partial charge is 0.159 e. The molecule has 0 heterocycles. The van der Waals surface area contributed by atoms with E-state index in [0.29, 0.717) is 5.56 Å². The van der Waals surface area contributed by atoms with Crippen LogP contribution in [0.2, 0.25) is 0 Å². The van der Waals surface area contributed by atoms with E-state index in [1.807, 2.05) is 6.92 Å². The molecule has 0 aliphatic carbocycles. The zero-order chi connectivity index (χ0) is 9.68. The van der Waals surface area contributed by atoms with Gasteiger partial charge in [-0.05, 0) is 38.1 Å². The Morgan fingerprint density at radius 1 is 1.31 bits per heavy atom. The topological polar surface area (TPSA) is 26.3 Å². The third kappa shape index (κ3) is 2.75. The maximum Gasteiger partial charge on any atom is 0.159 e. The Hall–Kier alpha value is -1.57. The second-order valence-electron chi connectivity index (χ2n) is 2.67. The number of ketones is 1. The normalized spacial score (nSPS) is 10.3. The van der Waals surface area contributed by atoms with Gasteiger partial charge in [-0.1, -0.05) is 6.08 Å². The number of benzene rings is 1. The molecular formula is C11H12O2. The molecule has 13 heavy (non-hydrogen) atoms. The zero-order valence-corrected chi connectivity index (χ0v) is 7.78. The molecule has 0 spiro atoms. The minimum Gasteiger partial charge on any atom is -0.465 e. The van der Waals surface area contributed by atoms with E-state index in [0.717, 1.165) is 5.75 Å². The van der Waals surface area contributed by atoms with Crippen LogP contribution in [0.5, 0.6) is 5.75 Å². The van der Waals surface area contributed by atoms with Crippen molar-refractivity contribution in [2.75, 3.05) is 0 Å². The van der Waals surface area contributed by atoms with Crippen molar-refractivity contribution in [3.63, 3.8) is 0 Å². The van der Waals surface area contributed by atoms with Crippen LogP contribution >= 0.6 is 0 Å². The van der Waals surface area contributed by atoms with Crippen LogP contribution in [0.25, 0.3) is 0 Å². The van der Waals surface area contributed by atoms with Crippen molar-refractivity contribution in [2.45, 2.75) is 13.8 Å². The molecule has 1 rings (SSSR count). The molecule has 1 aromatic carbocycles. The van der Waals surface area contributed by atoms with E-state index in [1.165, 1.54) is 0 Å². The van der Waals surface area contributed by atoms with Gasteiger partial charge < -0.3 is 4.74 Å². The largest absolute Gasteiger partial charge is 0.465 e. The second-order valence-corrected chi connectivity index (χ2v) is 2.67. The molecule has 0 aliphatic rings. The van der Waals surface area contributed by atoms with Crippen LogP contribution in [0.3, 0.4) is 0 Å². The summed E-state index contributed by atoms with van der Waals surface area (Å²) in [6.07, 6.45) is 3.40. The molecule has 0 N–H and O–H groups in total. The number of hydrogen-bond donors (Lipinski definition) is 0. The van der Waals surface area contributed by atoms with Crippen molar-refractivity contribution in [3.05, 3.63) is 42.2 Å². The molecule has 0 amide bonds. The van der Waals surface area contributed by atoms with Crippen molar-refractivity contribution in [2.24, 2.45) is 0 Å². The summed E-state index contributed by atoms with van der Waals surface area (Å²) >= 11 is 0. The summed E-state index contributed by atoms with van der Waals surface area (Å²) < 4.78 is 5.20. The van der Waals surface area contributed by atoms with Gasteiger partial charge in [0.15, 0.2) is 5.78 Å². The van der Waals surface area contributed by atoms with E-state index >= 15 is 0 Å². The lowest BCUT2D eigenvalue weighted by Gasteiger charge is -1.99. The molecule has 0 saturated carbocycles. The quantitative estimate of drug-likeness (QED) is 0.523. The molecule has 68 valence electrons. The maximum absolute atomic E-state index is 10.9. The summed E-state index contributed by atoms with van der Waals surface area (Å²) in [5, 5.41) is 0. The summed E-state index contributed by atoms with van der Waals surface area (Å²) in [5.41, 5.74) is 0.702. The van der Waals surface area contributed by atoms with E-state index < -0.39 is 0 Å². The standard InChI is InChI=1S/C11H12O2/c1-3-8-13-11-6-4-10(5-7-11)9(2)12/h3-8H,1-2H3. The Kier molecular flexibility index (Phi) is 3.26. The molecule has 2 heteroatoms. The Balaban J connectivity index is 2.75. The van der Waals surface area contributed by atoms with Crippen LogP contribution in [0.15, 0.2) is 36.6 Å². The molecule has 1 aromatic rings. The van der Waals surface area contributed by atoms with Crippen molar-refractivity contribution in [1.29, 1.82) is 0 Å². The van der Waals surface area contributed by atoms with Gasteiger partial charge in [-0.15, -0.1) is 0 Å². The van der Waals surface area contributed by atoms with Gasteiger partial charge in [-0.2, -0.15) is 0 Å². The van der Waals surface area contributed by atoms with E-state index in [2.05, 4.69) is 0 Å². The number of ether oxygens (including phenoxy) is 1. The van der Waals surface area contributed by atoms with Gasteiger partial charge in [0.2, 0.25) is 0 Å². The van der Waals surface area contributed by atoms with Gasteiger partial charge in [-0.3, -0.25) is 4.79 Å². The van der Waals surface area contributed by atoms with Crippen LogP contribution in [0, 0.1) is 0 Å². The van der Waals surface area contributed by atoms with Crippen LogP contribution in [0.4, 0.5) is 0 Å². The summed E-state index contributed by atoms with van der Waals surface area (Å²) in [5.74, 6) is 0.806. The molecular weight excluding hydrogens is 164 g/mol. The van der Waals surface area contributed by atoms with Crippen LogP contribution in [0.1, 0.15) is 24.2 Å². The number of allylic oxidation sites excluding steroid dienone is 1. The number of hydrogen-bond acceptors (Lipinski definition) is 2. The first-order valence-electron chi connectivity index (χ1n) is 4.13. The predicted octanol–water partition coefficient (Wildman–Crippen LogP) is 2.80. The Labute approximate surface area is 77.8 Å². The fourth-order valence-electron chi connectivity index (χ4n) is 0.915. The fourth-order valence-corrected chi connectivity index (χ4v) is 0.915. The minimum atomic E-state index is 0.0672. The molecule has 0 unspecified atom stereocenters. The average Bonchev–Trinajstić information content (AvgIpc) is 2.15. The Morgan fingerprint density at radius 2 is 1.92 bits per heavy atom. The molecule has 0 aliphatic heterocycles. The third-order valence-corrected chi connectivity index (χ3v) is 1.60. The first-order chi connectivity index (χ1) is 6.24. The number of Topliss-reactive ketones (excluding diaryl/α,β-unsaturated/α-hetero) is 1. The van der Waals surface area contributed by atoms with Gasteiger partial charge in [0.25, 0.3) is 0 Å². The molecule has 2 nitrogen and oxygen atoms in total. The first kappa shape index (κ1) is 9.52. The lowest BCUT2D eigenvalue weighted by Crippen LogP contribution is -1.90. The lowest BCUT2D eigenvalue weighted by molar-refractivity contribution is 0.101. The molecule has 0 saturated heterocycles. The highest BCUT2D eigenvalue weighted by atomic mass is 16.5.